The molecule has 2 heterocycles. The van der Waals surface area contributed by atoms with Crippen LogP contribution in [0.2, 0.25) is 0 Å². The van der Waals surface area contributed by atoms with Crippen molar-refractivity contribution in [3.8, 4) is 0 Å². The standard InChI is InChI=1S/C19H26N4O/c1-2-16-4-6-17(7-5-16)18(24)8-11-22-12-14-23(15-13-22)19-20-9-3-10-21-19/h3-7,9-10,18,24H,2,8,11-15H2,1H3. The number of nitrogens with zero attached hydrogens (tertiary/aromatic N) is 4. The van der Waals surface area contributed by atoms with E-state index in [1.54, 1.807) is 12.4 Å². The van der Waals surface area contributed by atoms with Gasteiger partial charge < -0.3 is 10.0 Å². The Labute approximate surface area is 144 Å². The summed E-state index contributed by atoms with van der Waals surface area (Å²) in [4.78, 5) is 13.2. The molecule has 1 N–H and O–H groups in total. The van der Waals surface area contributed by atoms with Crippen molar-refractivity contribution in [1.82, 2.24) is 14.9 Å². The van der Waals surface area contributed by atoms with E-state index in [0.717, 1.165) is 57.1 Å². The van der Waals surface area contributed by atoms with E-state index in [1.807, 2.05) is 18.2 Å². The second-order valence-electron chi connectivity index (χ2n) is 6.28. The molecule has 1 unspecified atom stereocenters. The fraction of sp³-hybridized carbons (Fsp3) is 0.474. The molecule has 0 aliphatic carbocycles. The van der Waals surface area contributed by atoms with E-state index in [4.69, 9.17) is 0 Å². The van der Waals surface area contributed by atoms with Crippen LogP contribution < -0.4 is 4.90 Å². The molecule has 1 saturated heterocycles. The van der Waals surface area contributed by atoms with Crippen molar-refractivity contribution in [3.63, 3.8) is 0 Å². The first-order valence-corrected chi connectivity index (χ1v) is 8.77. The van der Waals surface area contributed by atoms with Gasteiger partial charge in [0, 0.05) is 45.1 Å². The van der Waals surface area contributed by atoms with Gasteiger partial charge in [0.25, 0.3) is 0 Å². The molecule has 24 heavy (non-hydrogen) atoms. The summed E-state index contributed by atoms with van der Waals surface area (Å²) in [5.41, 5.74) is 2.33. The minimum Gasteiger partial charge on any atom is -0.388 e. The summed E-state index contributed by atoms with van der Waals surface area (Å²) in [5.74, 6) is 0.813. The summed E-state index contributed by atoms with van der Waals surface area (Å²) in [7, 11) is 0. The normalized spacial score (nSPS) is 17.0. The van der Waals surface area contributed by atoms with Crippen molar-refractivity contribution < 1.29 is 5.11 Å². The van der Waals surface area contributed by atoms with Crippen molar-refractivity contribution in [2.45, 2.75) is 25.9 Å². The van der Waals surface area contributed by atoms with Crippen molar-refractivity contribution in [2.75, 3.05) is 37.6 Å². The second-order valence-corrected chi connectivity index (χ2v) is 6.28. The van der Waals surface area contributed by atoms with Crippen molar-refractivity contribution in [1.29, 1.82) is 0 Å². The lowest BCUT2D eigenvalue weighted by Gasteiger charge is -2.35. The quantitative estimate of drug-likeness (QED) is 0.883. The van der Waals surface area contributed by atoms with Gasteiger partial charge in [-0.15, -0.1) is 0 Å². The summed E-state index contributed by atoms with van der Waals surface area (Å²) in [5, 5.41) is 10.4. The Kier molecular flexibility index (Phi) is 5.77. The zero-order valence-electron chi connectivity index (χ0n) is 14.3. The van der Waals surface area contributed by atoms with Crippen molar-refractivity contribution in [2.24, 2.45) is 0 Å². The summed E-state index contributed by atoms with van der Waals surface area (Å²) >= 11 is 0. The van der Waals surface area contributed by atoms with E-state index in [-0.39, 0.29) is 6.10 Å². The Morgan fingerprint density at radius 2 is 1.71 bits per heavy atom. The van der Waals surface area contributed by atoms with Crippen LogP contribution in [0.25, 0.3) is 0 Å². The number of hydrogen-bond acceptors (Lipinski definition) is 5. The molecule has 5 heteroatoms. The molecular formula is C19H26N4O. The van der Waals surface area contributed by atoms with Crippen LogP contribution in [0.3, 0.4) is 0 Å². The topological polar surface area (TPSA) is 52.5 Å². The largest absolute Gasteiger partial charge is 0.388 e. The molecule has 1 aliphatic heterocycles. The SMILES string of the molecule is CCc1ccc(C(O)CCN2CCN(c3ncccn3)CC2)cc1. The number of aromatic nitrogens is 2. The highest BCUT2D eigenvalue weighted by atomic mass is 16.3. The van der Waals surface area contributed by atoms with Crippen LogP contribution in [-0.4, -0.2) is 52.7 Å². The molecule has 1 aliphatic rings. The number of aliphatic hydroxyl groups is 1. The summed E-state index contributed by atoms with van der Waals surface area (Å²) in [6, 6.07) is 10.2. The predicted octanol–water partition coefficient (Wildman–Crippen LogP) is 2.28. The van der Waals surface area contributed by atoms with E-state index in [9.17, 15) is 5.11 Å². The van der Waals surface area contributed by atoms with Gasteiger partial charge in [-0.05, 0) is 30.0 Å². The molecule has 5 nitrogen and oxygen atoms in total. The van der Waals surface area contributed by atoms with Gasteiger partial charge >= 0.3 is 0 Å². The Morgan fingerprint density at radius 1 is 1.04 bits per heavy atom. The third-order valence-corrected chi connectivity index (χ3v) is 4.70. The lowest BCUT2D eigenvalue weighted by Crippen LogP contribution is -2.47. The lowest BCUT2D eigenvalue weighted by atomic mass is 10.0. The zero-order chi connectivity index (χ0) is 16.8. The van der Waals surface area contributed by atoms with E-state index in [1.165, 1.54) is 5.56 Å². The lowest BCUT2D eigenvalue weighted by molar-refractivity contribution is 0.139. The number of rotatable bonds is 6. The number of anilines is 1. The first-order chi connectivity index (χ1) is 11.8. The molecule has 1 aromatic carbocycles. The van der Waals surface area contributed by atoms with Gasteiger partial charge in [-0.2, -0.15) is 0 Å². The van der Waals surface area contributed by atoms with Crippen LogP contribution in [0.15, 0.2) is 42.7 Å². The van der Waals surface area contributed by atoms with Crippen LogP contribution in [-0.2, 0) is 6.42 Å². The molecule has 0 bridgehead atoms. The molecule has 3 rings (SSSR count). The van der Waals surface area contributed by atoms with E-state index in [2.05, 4.69) is 38.8 Å². The van der Waals surface area contributed by atoms with Gasteiger partial charge in [-0.3, -0.25) is 4.90 Å². The van der Waals surface area contributed by atoms with Crippen molar-refractivity contribution >= 4 is 5.95 Å². The molecule has 1 atom stereocenters. The molecule has 0 spiro atoms. The number of benzene rings is 1. The number of aliphatic hydroxyl groups excluding tert-OH is 1. The number of aryl methyl sites for hydroxylation is 1. The van der Waals surface area contributed by atoms with Crippen molar-refractivity contribution in [3.05, 3.63) is 53.9 Å². The highest BCUT2D eigenvalue weighted by molar-refractivity contribution is 5.29. The first kappa shape index (κ1) is 16.9. The fourth-order valence-corrected chi connectivity index (χ4v) is 3.07. The second kappa shape index (κ2) is 8.22. The van der Waals surface area contributed by atoms with E-state index in [0.29, 0.717) is 0 Å². The molecule has 0 saturated carbocycles. The minimum atomic E-state index is -0.383. The maximum absolute atomic E-state index is 10.4. The van der Waals surface area contributed by atoms with Gasteiger partial charge in [0.1, 0.15) is 0 Å². The monoisotopic (exact) mass is 326 g/mol. The Hall–Kier alpha value is -1.98. The first-order valence-electron chi connectivity index (χ1n) is 8.77. The van der Waals surface area contributed by atoms with E-state index >= 15 is 0 Å². The Bertz CT molecular complexity index is 609. The zero-order valence-corrected chi connectivity index (χ0v) is 14.3. The fourth-order valence-electron chi connectivity index (χ4n) is 3.07. The van der Waals surface area contributed by atoms with E-state index < -0.39 is 0 Å². The number of piperazine rings is 1. The average Bonchev–Trinajstić information content (AvgIpc) is 2.67. The third-order valence-electron chi connectivity index (χ3n) is 4.70. The summed E-state index contributed by atoms with van der Waals surface area (Å²) in [6.45, 7) is 6.90. The summed E-state index contributed by atoms with van der Waals surface area (Å²) in [6.07, 6.45) is 4.99. The van der Waals surface area contributed by atoms with Crippen LogP contribution in [0.5, 0.6) is 0 Å². The van der Waals surface area contributed by atoms with Gasteiger partial charge in [0.15, 0.2) is 0 Å². The maximum atomic E-state index is 10.4. The molecule has 0 amide bonds. The van der Waals surface area contributed by atoms with Crippen LogP contribution in [0.4, 0.5) is 5.95 Å². The highest BCUT2D eigenvalue weighted by Crippen LogP contribution is 2.19. The smallest absolute Gasteiger partial charge is 0.225 e. The van der Waals surface area contributed by atoms with Crippen LogP contribution >= 0.6 is 0 Å². The minimum absolute atomic E-state index is 0.383. The highest BCUT2D eigenvalue weighted by Gasteiger charge is 2.19. The Balaban J connectivity index is 1.44. The third kappa shape index (κ3) is 4.30. The number of hydrogen-bond donors (Lipinski definition) is 1. The molecule has 1 fully saturated rings. The molecule has 1 aromatic heterocycles. The van der Waals surface area contributed by atoms with Gasteiger partial charge in [0.05, 0.1) is 6.10 Å². The van der Waals surface area contributed by atoms with Gasteiger partial charge in [-0.25, -0.2) is 9.97 Å². The average molecular weight is 326 g/mol. The van der Waals surface area contributed by atoms with Crippen LogP contribution in [0, 0.1) is 0 Å². The molecular weight excluding hydrogens is 300 g/mol. The predicted molar refractivity (Wildman–Crippen MR) is 96.1 cm³/mol. The molecule has 2 aromatic rings. The van der Waals surface area contributed by atoms with Crippen LogP contribution in [0.1, 0.15) is 30.6 Å². The molecule has 0 radical (unpaired) electrons. The maximum Gasteiger partial charge on any atom is 0.225 e. The van der Waals surface area contributed by atoms with Gasteiger partial charge in [0.2, 0.25) is 5.95 Å². The molecule has 128 valence electrons. The van der Waals surface area contributed by atoms with Gasteiger partial charge in [-0.1, -0.05) is 31.2 Å². The Morgan fingerprint density at radius 3 is 2.33 bits per heavy atom. The summed E-state index contributed by atoms with van der Waals surface area (Å²) < 4.78 is 0.